The number of carbonyl (C=O) groups is 1. The number of para-hydroxylation sites is 1. The fourth-order valence-corrected chi connectivity index (χ4v) is 3.81. The molecule has 6 nitrogen and oxygen atoms in total. The summed E-state index contributed by atoms with van der Waals surface area (Å²) in [4.78, 5) is 24.2. The van der Waals surface area contributed by atoms with Crippen LogP contribution in [-0.2, 0) is 11.2 Å². The molecule has 0 atom stereocenters. The van der Waals surface area contributed by atoms with E-state index in [4.69, 9.17) is 14.4 Å². The van der Waals surface area contributed by atoms with E-state index in [-0.39, 0.29) is 5.91 Å². The normalized spacial score (nSPS) is 13.2. The molecule has 1 saturated carbocycles. The highest BCUT2D eigenvalue weighted by atomic mass is 16.3. The van der Waals surface area contributed by atoms with Gasteiger partial charge in [0.25, 0.3) is 0 Å². The van der Waals surface area contributed by atoms with E-state index in [9.17, 15) is 4.79 Å². The van der Waals surface area contributed by atoms with Crippen molar-refractivity contribution in [2.45, 2.75) is 31.7 Å². The largest absolute Gasteiger partial charge is 0.461 e. The third-order valence-corrected chi connectivity index (χ3v) is 5.69. The van der Waals surface area contributed by atoms with Crippen LogP contribution in [0.2, 0.25) is 0 Å². The number of amides is 1. The fourth-order valence-electron chi connectivity index (χ4n) is 3.81. The first-order valence-corrected chi connectivity index (χ1v) is 11.2. The van der Waals surface area contributed by atoms with Gasteiger partial charge in [0.05, 0.1) is 11.8 Å². The van der Waals surface area contributed by atoms with Crippen LogP contribution in [0.3, 0.4) is 0 Å². The third-order valence-electron chi connectivity index (χ3n) is 5.69. The Kier molecular flexibility index (Phi) is 5.83. The monoisotopic (exact) mass is 426 g/mol. The number of carbonyl (C=O) groups excluding carboxylic acids is 1. The maximum atomic E-state index is 12.4. The van der Waals surface area contributed by atoms with Gasteiger partial charge >= 0.3 is 0 Å². The quantitative estimate of drug-likeness (QED) is 0.423. The van der Waals surface area contributed by atoms with Gasteiger partial charge in [0, 0.05) is 30.9 Å². The van der Waals surface area contributed by atoms with E-state index in [0.29, 0.717) is 30.6 Å². The number of hydrogen-bond acceptors (Lipinski definition) is 5. The Morgan fingerprint density at radius 1 is 0.969 bits per heavy atom. The van der Waals surface area contributed by atoms with Gasteiger partial charge < -0.3 is 14.6 Å². The lowest BCUT2D eigenvalue weighted by Gasteiger charge is -2.25. The summed E-state index contributed by atoms with van der Waals surface area (Å²) in [7, 11) is 0. The van der Waals surface area contributed by atoms with Gasteiger partial charge in [0.1, 0.15) is 5.82 Å². The lowest BCUT2D eigenvalue weighted by atomic mass is 10.1. The number of furan rings is 1. The maximum absolute atomic E-state index is 12.4. The van der Waals surface area contributed by atoms with Gasteiger partial charge in [-0.25, -0.2) is 9.97 Å². The Balaban J connectivity index is 1.47. The van der Waals surface area contributed by atoms with E-state index >= 15 is 0 Å². The van der Waals surface area contributed by atoms with Crippen molar-refractivity contribution in [1.82, 2.24) is 15.3 Å². The SMILES string of the molecule is O=C(CCN(CCc1ccccc1)c1nc(-c2ccco2)nc2ccccc12)NC1CC1. The zero-order valence-corrected chi connectivity index (χ0v) is 17.9. The Hall–Kier alpha value is -3.67. The van der Waals surface area contributed by atoms with Gasteiger partial charge in [0.15, 0.2) is 11.6 Å². The van der Waals surface area contributed by atoms with Gasteiger partial charge in [-0.05, 0) is 49.1 Å². The summed E-state index contributed by atoms with van der Waals surface area (Å²) < 4.78 is 5.57. The maximum Gasteiger partial charge on any atom is 0.221 e. The molecular formula is C26H26N4O2. The zero-order chi connectivity index (χ0) is 21.8. The average molecular weight is 427 g/mol. The van der Waals surface area contributed by atoms with Crippen molar-refractivity contribution in [1.29, 1.82) is 0 Å². The summed E-state index contributed by atoms with van der Waals surface area (Å²) in [6.45, 7) is 1.34. The molecule has 0 saturated heterocycles. The van der Waals surface area contributed by atoms with Crippen molar-refractivity contribution >= 4 is 22.6 Å². The first-order chi connectivity index (χ1) is 15.8. The lowest BCUT2D eigenvalue weighted by Crippen LogP contribution is -2.33. The van der Waals surface area contributed by atoms with Crippen molar-refractivity contribution in [2.24, 2.45) is 0 Å². The van der Waals surface area contributed by atoms with Gasteiger partial charge in [-0.1, -0.05) is 42.5 Å². The van der Waals surface area contributed by atoms with Crippen LogP contribution in [0.15, 0.2) is 77.4 Å². The van der Waals surface area contributed by atoms with Gasteiger partial charge in [-0.15, -0.1) is 0 Å². The summed E-state index contributed by atoms with van der Waals surface area (Å²) >= 11 is 0. The highest BCUT2D eigenvalue weighted by Gasteiger charge is 2.24. The molecule has 1 aliphatic rings. The second kappa shape index (κ2) is 9.22. The smallest absolute Gasteiger partial charge is 0.221 e. The predicted octanol–water partition coefficient (Wildman–Crippen LogP) is 4.61. The molecular weight excluding hydrogens is 400 g/mol. The van der Waals surface area contributed by atoms with E-state index < -0.39 is 0 Å². The van der Waals surface area contributed by atoms with E-state index in [2.05, 4.69) is 34.5 Å². The van der Waals surface area contributed by atoms with Crippen LogP contribution in [0, 0.1) is 0 Å². The van der Waals surface area contributed by atoms with Crippen LogP contribution in [0.25, 0.3) is 22.5 Å². The standard InChI is InChI=1S/C26H26N4O2/c31-24(27-20-12-13-20)15-17-30(16-14-19-7-2-1-3-8-19)26-21-9-4-5-10-22(21)28-25(29-26)23-11-6-18-32-23/h1-11,18,20H,12-17H2,(H,27,31). The van der Waals surface area contributed by atoms with Crippen molar-refractivity contribution in [3.05, 3.63) is 78.6 Å². The van der Waals surface area contributed by atoms with Crippen molar-refractivity contribution in [2.75, 3.05) is 18.0 Å². The number of fused-ring (bicyclic) bond motifs is 1. The molecule has 0 unspecified atom stereocenters. The number of nitrogens with one attached hydrogen (secondary N) is 1. The molecule has 1 fully saturated rings. The second-order valence-electron chi connectivity index (χ2n) is 8.18. The molecule has 0 aliphatic heterocycles. The predicted molar refractivity (Wildman–Crippen MR) is 125 cm³/mol. The highest BCUT2D eigenvalue weighted by molar-refractivity contribution is 5.91. The molecule has 0 radical (unpaired) electrons. The molecule has 2 aromatic heterocycles. The van der Waals surface area contributed by atoms with Crippen molar-refractivity contribution < 1.29 is 9.21 Å². The molecule has 1 amide bonds. The summed E-state index contributed by atoms with van der Waals surface area (Å²) in [5, 5.41) is 4.06. The number of hydrogen-bond donors (Lipinski definition) is 1. The highest BCUT2D eigenvalue weighted by Crippen LogP contribution is 2.28. The average Bonchev–Trinajstić information content (AvgIpc) is 3.46. The topological polar surface area (TPSA) is 71.3 Å². The molecule has 32 heavy (non-hydrogen) atoms. The van der Waals surface area contributed by atoms with E-state index in [1.165, 1.54) is 5.56 Å². The van der Waals surface area contributed by atoms with Crippen LogP contribution in [0.1, 0.15) is 24.8 Å². The molecule has 6 heteroatoms. The molecule has 2 heterocycles. The Bertz CT molecular complexity index is 1190. The van der Waals surface area contributed by atoms with Crippen LogP contribution < -0.4 is 10.2 Å². The number of nitrogens with zero attached hydrogens (tertiary/aromatic N) is 3. The zero-order valence-electron chi connectivity index (χ0n) is 17.9. The minimum Gasteiger partial charge on any atom is -0.461 e. The summed E-state index contributed by atoms with van der Waals surface area (Å²) in [5.74, 6) is 2.11. The molecule has 0 spiro atoms. The minimum absolute atomic E-state index is 0.0989. The first kappa shape index (κ1) is 20.2. The Morgan fingerprint density at radius 2 is 1.78 bits per heavy atom. The molecule has 4 aromatic rings. The summed E-state index contributed by atoms with van der Waals surface area (Å²) in [6.07, 6.45) is 5.10. The fraction of sp³-hybridized carbons (Fsp3) is 0.269. The number of aromatic nitrogens is 2. The number of benzene rings is 2. The molecule has 1 aliphatic carbocycles. The van der Waals surface area contributed by atoms with Gasteiger partial charge in [0.2, 0.25) is 5.91 Å². The molecule has 162 valence electrons. The van der Waals surface area contributed by atoms with Crippen LogP contribution in [-0.4, -0.2) is 35.0 Å². The molecule has 1 N–H and O–H groups in total. The molecule has 5 rings (SSSR count). The second-order valence-corrected chi connectivity index (χ2v) is 8.18. The number of rotatable bonds is 9. The molecule has 2 aromatic carbocycles. The van der Waals surface area contributed by atoms with E-state index in [0.717, 1.165) is 42.5 Å². The van der Waals surface area contributed by atoms with E-state index in [1.807, 2.05) is 42.5 Å². The van der Waals surface area contributed by atoms with Crippen LogP contribution >= 0.6 is 0 Å². The summed E-state index contributed by atoms with van der Waals surface area (Å²) in [5.41, 5.74) is 2.11. The van der Waals surface area contributed by atoms with Crippen LogP contribution in [0.4, 0.5) is 5.82 Å². The van der Waals surface area contributed by atoms with Gasteiger partial charge in [-0.3, -0.25) is 4.79 Å². The number of anilines is 1. The van der Waals surface area contributed by atoms with Crippen molar-refractivity contribution in [3.63, 3.8) is 0 Å². The molecule has 0 bridgehead atoms. The van der Waals surface area contributed by atoms with Gasteiger partial charge in [-0.2, -0.15) is 0 Å². The minimum atomic E-state index is 0.0989. The Morgan fingerprint density at radius 3 is 2.56 bits per heavy atom. The Labute approximate surface area is 187 Å². The summed E-state index contributed by atoms with van der Waals surface area (Å²) in [6, 6.07) is 22.5. The third kappa shape index (κ3) is 4.80. The first-order valence-electron chi connectivity index (χ1n) is 11.2. The lowest BCUT2D eigenvalue weighted by molar-refractivity contribution is -0.121. The van der Waals surface area contributed by atoms with Crippen molar-refractivity contribution in [3.8, 4) is 11.6 Å². The van der Waals surface area contributed by atoms with Crippen LogP contribution in [0.5, 0.6) is 0 Å². The van der Waals surface area contributed by atoms with E-state index in [1.54, 1.807) is 6.26 Å².